The number of para-hydroxylation sites is 1. The molecule has 0 aliphatic carbocycles. The zero-order valence-electron chi connectivity index (χ0n) is 15.6. The largest absolute Gasteiger partial charge is 0.324 e. The molecule has 3 aromatic rings. The summed E-state index contributed by atoms with van der Waals surface area (Å²) in [6, 6.07) is 9.18. The fourth-order valence-corrected chi connectivity index (χ4v) is 3.66. The summed E-state index contributed by atoms with van der Waals surface area (Å²) in [5.74, 6) is -0.766. The standard InChI is InChI=1S/C20H20ClN5O2/c1-12(2)26-19-13(9-23-26)7-15(10-22-19)24-20(28)14-8-18(27)25(11-14)17-6-4-3-5-16(17)21/h3-7,9-10,12,14H,8,11H2,1-2H3,(H,24,28). The van der Waals surface area contributed by atoms with Gasteiger partial charge in [-0.1, -0.05) is 23.7 Å². The van der Waals surface area contributed by atoms with Crippen molar-refractivity contribution in [1.29, 1.82) is 0 Å². The molecule has 2 amide bonds. The van der Waals surface area contributed by atoms with E-state index in [9.17, 15) is 9.59 Å². The van der Waals surface area contributed by atoms with Gasteiger partial charge in [0.05, 0.1) is 34.7 Å². The molecule has 1 N–H and O–H groups in total. The van der Waals surface area contributed by atoms with Crippen molar-refractivity contribution >= 4 is 45.8 Å². The summed E-state index contributed by atoms with van der Waals surface area (Å²) in [5, 5.41) is 8.55. The number of benzene rings is 1. The lowest BCUT2D eigenvalue weighted by Gasteiger charge is -2.18. The quantitative estimate of drug-likeness (QED) is 0.728. The number of pyridine rings is 1. The highest BCUT2D eigenvalue weighted by atomic mass is 35.5. The van der Waals surface area contributed by atoms with E-state index in [0.717, 1.165) is 11.0 Å². The van der Waals surface area contributed by atoms with E-state index >= 15 is 0 Å². The first-order valence-corrected chi connectivity index (χ1v) is 9.51. The molecule has 1 fully saturated rings. The Hall–Kier alpha value is -2.93. The molecule has 1 unspecified atom stereocenters. The Kier molecular flexibility index (Phi) is 4.77. The second-order valence-corrected chi connectivity index (χ2v) is 7.57. The summed E-state index contributed by atoms with van der Waals surface area (Å²) in [5.41, 5.74) is 1.99. The van der Waals surface area contributed by atoms with Gasteiger partial charge in [0.15, 0.2) is 5.65 Å². The van der Waals surface area contributed by atoms with Gasteiger partial charge in [0.25, 0.3) is 0 Å². The molecule has 1 aliphatic heterocycles. The third kappa shape index (κ3) is 3.33. The van der Waals surface area contributed by atoms with Crippen molar-refractivity contribution < 1.29 is 9.59 Å². The lowest BCUT2D eigenvalue weighted by molar-refractivity contribution is -0.122. The van der Waals surface area contributed by atoms with Crippen molar-refractivity contribution in [2.24, 2.45) is 5.92 Å². The molecule has 28 heavy (non-hydrogen) atoms. The average molecular weight is 398 g/mol. The van der Waals surface area contributed by atoms with Crippen LogP contribution in [0.5, 0.6) is 0 Å². The van der Waals surface area contributed by atoms with Crippen molar-refractivity contribution in [1.82, 2.24) is 14.8 Å². The second kappa shape index (κ2) is 7.24. The van der Waals surface area contributed by atoms with Crippen LogP contribution in [0.15, 0.2) is 42.7 Å². The fraction of sp³-hybridized carbons (Fsp3) is 0.300. The molecule has 1 atom stereocenters. The summed E-state index contributed by atoms with van der Waals surface area (Å²) in [7, 11) is 0. The molecule has 3 heterocycles. The van der Waals surface area contributed by atoms with Crippen LogP contribution in [-0.4, -0.2) is 33.1 Å². The fourth-order valence-electron chi connectivity index (χ4n) is 3.42. The van der Waals surface area contributed by atoms with E-state index in [1.807, 2.05) is 30.7 Å². The molecular formula is C20H20ClN5O2. The lowest BCUT2D eigenvalue weighted by Crippen LogP contribution is -2.28. The van der Waals surface area contributed by atoms with Crippen LogP contribution in [0.1, 0.15) is 26.3 Å². The van der Waals surface area contributed by atoms with Gasteiger partial charge in [-0.25, -0.2) is 9.67 Å². The Morgan fingerprint density at radius 2 is 2.07 bits per heavy atom. The average Bonchev–Trinajstić information content (AvgIpc) is 3.25. The summed E-state index contributed by atoms with van der Waals surface area (Å²) < 4.78 is 1.83. The van der Waals surface area contributed by atoms with Crippen LogP contribution in [0.3, 0.4) is 0 Å². The van der Waals surface area contributed by atoms with E-state index in [2.05, 4.69) is 15.4 Å². The van der Waals surface area contributed by atoms with Crippen molar-refractivity contribution in [2.45, 2.75) is 26.3 Å². The van der Waals surface area contributed by atoms with Crippen LogP contribution in [0.2, 0.25) is 5.02 Å². The molecule has 0 radical (unpaired) electrons. The highest BCUT2D eigenvalue weighted by Crippen LogP contribution is 2.31. The van der Waals surface area contributed by atoms with Gasteiger partial charge < -0.3 is 10.2 Å². The molecule has 144 valence electrons. The van der Waals surface area contributed by atoms with Crippen LogP contribution >= 0.6 is 11.6 Å². The van der Waals surface area contributed by atoms with Crippen molar-refractivity contribution in [2.75, 3.05) is 16.8 Å². The second-order valence-electron chi connectivity index (χ2n) is 7.17. The molecule has 0 bridgehead atoms. The number of carbonyl (C=O) groups is 2. The summed E-state index contributed by atoms with van der Waals surface area (Å²) in [6.45, 7) is 4.37. The Bertz CT molecular complexity index is 1060. The SMILES string of the molecule is CC(C)n1ncc2cc(NC(=O)C3CC(=O)N(c4ccccc4Cl)C3)cnc21. The minimum absolute atomic E-state index is 0.111. The molecule has 1 aliphatic rings. The maximum Gasteiger partial charge on any atom is 0.229 e. The van der Waals surface area contributed by atoms with Gasteiger partial charge in [-0.2, -0.15) is 5.10 Å². The van der Waals surface area contributed by atoms with Gasteiger partial charge in [0.1, 0.15) is 0 Å². The van der Waals surface area contributed by atoms with Gasteiger partial charge in [-0.3, -0.25) is 9.59 Å². The number of hydrogen-bond acceptors (Lipinski definition) is 4. The topological polar surface area (TPSA) is 80.1 Å². The normalized spacial score (nSPS) is 16.9. The minimum atomic E-state index is -0.446. The first-order valence-electron chi connectivity index (χ1n) is 9.13. The van der Waals surface area contributed by atoms with Gasteiger partial charge in [0, 0.05) is 24.4 Å². The third-order valence-electron chi connectivity index (χ3n) is 4.83. The number of hydrogen-bond donors (Lipinski definition) is 1. The number of carbonyl (C=O) groups excluding carboxylic acids is 2. The van der Waals surface area contributed by atoms with Crippen molar-refractivity contribution in [3.63, 3.8) is 0 Å². The number of aromatic nitrogens is 3. The zero-order chi connectivity index (χ0) is 19.8. The molecule has 0 spiro atoms. The number of fused-ring (bicyclic) bond motifs is 1. The van der Waals surface area contributed by atoms with Gasteiger partial charge in [-0.05, 0) is 32.0 Å². The highest BCUT2D eigenvalue weighted by Gasteiger charge is 2.35. The van der Waals surface area contributed by atoms with Crippen LogP contribution in [0.25, 0.3) is 11.0 Å². The number of halogens is 1. The number of nitrogens with one attached hydrogen (secondary N) is 1. The summed E-state index contributed by atoms with van der Waals surface area (Å²) >= 11 is 6.20. The van der Waals surface area contributed by atoms with E-state index in [-0.39, 0.29) is 24.3 Å². The molecule has 0 saturated carbocycles. The van der Waals surface area contributed by atoms with Gasteiger partial charge in [-0.15, -0.1) is 0 Å². The molecular weight excluding hydrogens is 378 g/mol. The maximum atomic E-state index is 12.7. The Morgan fingerprint density at radius 1 is 1.29 bits per heavy atom. The monoisotopic (exact) mass is 397 g/mol. The molecule has 7 nitrogen and oxygen atoms in total. The number of rotatable bonds is 4. The van der Waals surface area contributed by atoms with E-state index in [1.54, 1.807) is 35.5 Å². The van der Waals surface area contributed by atoms with Gasteiger partial charge >= 0.3 is 0 Å². The number of nitrogens with zero attached hydrogens (tertiary/aromatic N) is 4. The van der Waals surface area contributed by atoms with Crippen LogP contribution < -0.4 is 10.2 Å². The molecule has 1 saturated heterocycles. The molecule has 4 rings (SSSR count). The summed E-state index contributed by atoms with van der Waals surface area (Å²) in [6.07, 6.45) is 3.50. The molecule has 1 aromatic carbocycles. The predicted molar refractivity (Wildman–Crippen MR) is 108 cm³/mol. The smallest absolute Gasteiger partial charge is 0.229 e. The Labute approximate surface area is 167 Å². The predicted octanol–water partition coefficient (Wildman–Crippen LogP) is 3.66. The third-order valence-corrected chi connectivity index (χ3v) is 5.15. The number of amides is 2. The summed E-state index contributed by atoms with van der Waals surface area (Å²) in [4.78, 5) is 31.1. The van der Waals surface area contributed by atoms with E-state index in [0.29, 0.717) is 22.9 Å². The molecule has 8 heteroatoms. The van der Waals surface area contributed by atoms with E-state index in [4.69, 9.17) is 11.6 Å². The Morgan fingerprint density at radius 3 is 2.82 bits per heavy atom. The van der Waals surface area contributed by atoms with Crippen molar-refractivity contribution in [3.8, 4) is 0 Å². The van der Waals surface area contributed by atoms with Crippen LogP contribution in [0.4, 0.5) is 11.4 Å². The minimum Gasteiger partial charge on any atom is -0.324 e. The maximum absolute atomic E-state index is 12.7. The lowest BCUT2D eigenvalue weighted by atomic mass is 10.1. The van der Waals surface area contributed by atoms with Crippen molar-refractivity contribution in [3.05, 3.63) is 47.7 Å². The van der Waals surface area contributed by atoms with Gasteiger partial charge in [0.2, 0.25) is 11.8 Å². The number of anilines is 2. The first kappa shape index (κ1) is 18.4. The van der Waals surface area contributed by atoms with E-state index < -0.39 is 5.92 Å². The molecule has 2 aromatic heterocycles. The van der Waals surface area contributed by atoms with E-state index in [1.165, 1.54) is 0 Å². The first-order chi connectivity index (χ1) is 13.4. The highest BCUT2D eigenvalue weighted by molar-refractivity contribution is 6.33. The van der Waals surface area contributed by atoms with Crippen LogP contribution in [0, 0.1) is 5.92 Å². The Balaban J connectivity index is 1.49. The zero-order valence-corrected chi connectivity index (χ0v) is 16.3. The van der Waals surface area contributed by atoms with Crippen LogP contribution in [-0.2, 0) is 9.59 Å².